The summed E-state index contributed by atoms with van der Waals surface area (Å²) >= 11 is 0. The molecule has 5 rings (SSSR count). The van der Waals surface area contributed by atoms with Gasteiger partial charge in [-0.25, -0.2) is 4.68 Å². The van der Waals surface area contributed by atoms with Crippen LogP contribution in [0.4, 0.5) is 11.4 Å². The van der Waals surface area contributed by atoms with Crippen molar-refractivity contribution in [1.29, 1.82) is 0 Å². The van der Waals surface area contributed by atoms with E-state index in [-0.39, 0.29) is 17.6 Å². The first-order valence-corrected chi connectivity index (χ1v) is 10.8. The van der Waals surface area contributed by atoms with E-state index in [1.54, 1.807) is 30.3 Å². The Bertz CT molecular complexity index is 1470. The van der Waals surface area contributed by atoms with Crippen molar-refractivity contribution in [3.05, 3.63) is 108 Å². The molecule has 0 aliphatic heterocycles. The number of anilines is 2. The van der Waals surface area contributed by atoms with Crippen LogP contribution in [0, 0.1) is 13.8 Å². The molecule has 2 heterocycles. The van der Waals surface area contributed by atoms with E-state index in [1.165, 1.54) is 0 Å². The molecule has 2 N–H and O–H groups in total. The number of furan rings is 1. The predicted molar refractivity (Wildman–Crippen MR) is 132 cm³/mol. The normalized spacial score (nSPS) is 10.9. The molecule has 0 spiro atoms. The molecule has 2 aromatic heterocycles. The maximum absolute atomic E-state index is 12.9. The molecule has 0 atom stereocenters. The Morgan fingerprint density at radius 2 is 1.53 bits per heavy atom. The molecule has 0 aliphatic carbocycles. The summed E-state index contributed by atoms with van der Waals surface area (Å²) in [6.45, 7) is 3.78. The predicted octanol–water partition coefficient (Wildman–Crippen LogP) is 5.74. The summed E-state index contributed by atoms with van der Waals surface area (Å²) in [7, 11) is 0. The molecule has 34 heavy (non-hydrogen) atoms. The number of aryl methyl sites for hydroxylation is 1. The summed E-state index contributed by atoms with van der Waals surface area (Å²) in [6, 6.07) is 25.6. The monoisotopic (exact) mass is 450 g/mol. The average molecular weight is 450 g/mol. The molecule has 2 amide bonds. The van der Waals surface area contributed by atoms with Crippen LogP contribution in [0.1, 0.15) is 32.3 Å². The number of nitrogens with zero attached hydrogens (tertiary/aromatic N) is 2. The van der Waals surface area contributed by atoms with E-state index in [9.17, 15) is 9.59 Å². The molecule has 0 unspecified atom stereocenters. The second-order valence-corrected chi connectivity index (χ2v) is 7.93. The van der Waals surface area contributed by atoms with Crippen molar-refractivity contribution in [2.24, 2.45) is 0 Å². The third-order valence-electron chi connectivity index (χ3n) is 5.58. The standard InChI is InChI=1S/C27H22N4O3/c1-17-25(18(2)31(30-17)22-9-4-3-5-10-22)29-26(32)19-12-14-21(15-13-19)28-27(33)24-16-20-8-6-7-11-23(20)34-24/h3-16H,1-2H3,(H,28,33)(H,29,32). The minimum atomic E-state index is -0.354. The maximum atomic E-state index is 12.9. The van der Waals surface area contributed by atoms with Gasteiger partial charge in [0.05, 0.1) is 22.8 Å². The van der Waals surface area contributed by atoms with Crippen molar-refractivity contribution in [2.75, 3.05) is 10.6 Å². The highest BCUT2D eigenvalue weighted by atomic mass is 16.3. The molecule has 7 nitrogen and oxygen atoms in total. The summed E-state index contributed by atoms with van der Waals surface area (Å²) in [4.78, 5) is 25.4. The maximum Gasteiger partial charge on any atom is 0.291 e. The molecule has 7 heteroatoms. The molecule has 5 aromatic rings. The summed E-state index contributed by atoms with van der Waals surface area (Å²) in [6.07, 6.45) is 0. The van der Waals surface area contributed by atoms with Crippen molar-refractivity contribution in [1.82, 2.24) is 9.78 Å². The number of fused-ring (bicyclic) bond motifs is 1. The van der Waals surface area contributed by atoms with Crippen LogP contribution in [-0.2, 0) is 0 Å². The molecule has 168 valence electrons. The Morgan fingerprint density at radius 1 is 0.824 bits per heavy atom. The van der Waals surface area contributed by atoms with Crippen LogP contribution < -0.4 is 10.6 Å². The molecule has 0 fully saturated rings. The van der Waals surface area contributed by atoms with Crippen molar-refractivity contribution in [3.8, 4) is 5.69 Å². The number of carbonyl (C=O) groups is 2. The van der Waals surface area contributed by atoms with E-state index in [4.69, 9.17) is 4.42 Å². The minimum Gasteiger partial charge on any atom is -0.451 e. The minimum absolute atomic E-state index is 0.226. The van der Waals surface area contributed by atoms with Crippen LogP contribution >= 0.6 is 0 Å². The topological polar surface area (TPSA) is 89.2 Å². The Kier molecular flexibility index (Phi) is 5.43. The van der Waals surface area contributed by atoms with E-state index < -0.39 is 0 Å². The first-order chi connectivity index (χ1) is 16.5. The highest BCUT2D eigenvalue weighted by Gasteiger charge is 2.17. The van der Waals surface area contributed by atoms with Crippen LogP contribution in [-0.4, -0.2) is 21.6 Å². The van der Waals surface area contributed by atoms with E-state index in [2.05, 4.69) is 15.7 Å². The highest BCUT2D eigenvalue weighted by molar-refractivity contribution is 6.06. The summed E-state index contributed by atoms with van der Waals surface area (Å²) in [5.74, 6) is -0.383. The van der Waals surface area contributed by atoms with Gasteiger partial charge >= 0.3 is 0 Å². The zero-order valence-electron chi connectivity index (χ0n) is 18.7. The fourth-order valence-corrected chi connectivity index (χ4v) is 3.82. The van der Waals surface area contributed by atoms with E-state index >= 15 is 0 Å². The zero-order valence-corrected chi connectivity index (χ0v) is 18.7. The molecule has 3 aromatic carbocycles. The summed E-state index contributed by atoms with van der Waals surface area (Å²) < 4.78 is 7.41. The van der Waals surface area contributed by atoms with Crippen LogP contribution in [0.5, 0.6) is 0 Å². The van der Waals surface area contributed by atoms with Gasteiger partial charge < -0.3 is 15.1 Å². The molecular formula is C27H22N4O3. The SMILES string of the molecule is Cc1nn(-c2ccccc2)c(C)c1NC(=O)c1ccc(NC(=O)c2cc3ccccc3o2)cc1. The number of carbonyl (C=O) groups excluding carboxylic acids is 2. The number of hydrogen-bond donors (Lipinski definition) is 2. The van der Waals surface area contributed by atoms with Gasteiger partial charge in [0, 0.05) is 16.6 Å². The van der Waals surface area contributed by atoms with Gasteiger partial charge in [0.15, 0.2) is 5.76 Å². The first kappa shape index (κ1) is 21.2. The fraction of sp³-hybridized carbons (Fsp3) is 0.0741. The van der Waals surface area contributed by atoms with E-state index in [1.807, 2.05) is 73.1 Å². The third-order valence-corrected chi connectivity index (χ3v) is 5.58. The number of nitrogens with one attached hydrogen (secondary N) is 2. The smallest absolute Gasteiger partial charge is 0.291 e. The van der Waals surface area contributed by atoms with Gasteiger partial charge in [-0.2, -0.15) is 5.10 Å². The Morgan fingerprint density at radius 3 is 2.26 bits per heavy atom. The molecular weight excluding hydrogens is 428 g/mol. The van der Waals surface area contributed by atoms with Crippen molar-refractivity contribution in [2.45, 2.75) is 13.8 Å². The van der Waals surface area contributed by atoms with Crippen molar-refractivity contribution >= 4 is 34.2 Å². The lowest BCUT2D eigenvalue weighted by molar-refractivity contribution is 0.0997. The Labute approximate surface area is 196 Å². The lowest BCUT2D eigenvalue weighted by Crippen LogP contribution is -2.14. The van der Waals surface area contributed by atoms with Gasteiger partial charge in [-0.05, 0) is 62.4 Å². The number of benzene rings is 3. The second kappa shape index (κ2) is 8.71. The van der Waals surface area contributed by atoms with Gasteiger partial charge in [0.1, 0.15) is 5.58 Å². The number of amides is 2. The zero-order chi connectivity index (χ0) is 23.7. The number of hydrogen-bond acceptors (Lipinski definition) is 4. The number of para-hydroxylation sites is 2. The van der Waals surface area contributed by atoms with E-state index in [0.717, 1.165) is 22.5 Å². The van der Waals surface area contributed by atoms with Gasteiger partial charge in [-0.1, -0.05) is 36.4 Å². The fourth-order valence-electron chi connectivity index (χ4n) is 3.82. The average Bonchev–Trinajstić information content (AvgIpc) is 3.42. The largest absolute Gasteiger partial charge is 0.451 e. The second-order valence-electron chi connectivity index (χ2n) is 7.93. The first-order valence-electron chi connectivity index (χ1n) is 10.8. The van der Waals surface area contributed by atoms with Crippen LogP contribution in [0.15, 0.2) is 89.3 Å². The molecule has 0 saturated heterocycles. The van der Waals surface area contributed by atoms with E-state index in [0.29, 0.717) is 22.5 Å². The Balaban J connectivity index is 1.29. The van der Waals surface area contributed by atoms with Gasteiger partial charge in [-0.3, -0.25) is 9.59 Å². The van der Waals surface area contributed by atoms with Crippen LogP contribution in [0.2, 0.25) is 0 Å². The quantitative estimate of drug-likeness (QED) is 0.357. The summed E-state index contributed by atoms with van der Waals surface area (Å²) in [5, 5.41) is 11.2. The summed E-state index contributed by atoms with van der Waals surface area (Å²) in [5.41, 5.74) is 4.85. The molecule has 0 aliphatic rings. The van der Waals surface area contributed by atoms with Crippen LogP contribution in [0.25, 0.3) is 16.7 Å². The van der Waals surface area contributed by atoms with Crippen molar-refractivity contribution < 1.29 is 14.0 Å². The van der Waals surface area contributed by atoms with Gasteiger partial charge in [-0.15, -0.1) is 0 Å². The number of rotatable bonds is 5. The van der Waals surface area contributed by atoms with Gasteiger partial charge in [0.2, 0.25) is 0 Å². The lowest BCUT2D eigenvalue weighted by atomic mass is 10.2. The lowest BCUT2D eigenvalue weighted by Gasteiger charge is -2.08. The Hall–Kier alpha value is -4.65. The molecule has 0 radical (unpaired) electrons. The number of aromatic nitrogens is 2. The molecule has 0 saturated carbocycles. The van der Waals surface area contributed by atoms with Gasteiger partial charge in [0.25, 0.3) is 11.8 Å². The van der Waals surface area contributed by atoms with Crippen LogP contribution in [0.3, 0.4) is 0 Å². The third kappa shape index (κ3) is 4.06. The molecule has 0 bridgehead atoms. The van der Waals surface area contributed by atoms with Crippen molar-refractivity contribution in [3.63, 3.8) is 0 Å². The highest BCUT2D eigenvalue weighted by Crippen LogP contribution is 2.24.